The number of fused-ring (bicyclic) bond motifs is 1. The summed E-state index contributed by atoms with van der Waals surface area (Å²) in [4.78, 5) is 23.5. The Balaban J connectivity index is 1.72. The average molecular weight is 431 g/mol. The number of β-amino-alcohol motifs (C(OH)–C–C–N with tert-alkyl or cyclic N) is 1. The third kappa shape index (κ3) is 4.15. The van der Waals surface area contributed by atoms with Crippen LogP contribution in [0.15, 0.2) is 53.6 Å². The number of pyridine rings is 1. The first-order valence-corrected chi connectivity index (χ1v) is 10.1. The minimum Gasteiger partial charge on any atom is -0.387 e. The number of hydrogen-bond donors (Lipinski definition) is 1. The van der Waals surface area contributed by atoms with Crippen LogP contribution >= 0.6 is 23.2 Å². The minimum absolute atomic E-state index is 0.110. The molecule has 0 saturated heterocycles. The summed E-state index contributed by atoms with van der Waals surface area (Å²) in [5.74, 6) is 0.551. The molecule has 0 spiro atoms. The maximum Gasteiger partial charge on any atom is 0.255 e. The number of anilines is 1. The molecule has 150 valence electrons. The van der Waals surface area contributed by atoms with Gasteiger partial charge in [-0.2, -0.15) is 0 Å². The van der Waals surface area contributed by atoms with Crippen molar-refractivity contribution in [3.05, 3.63) is 74.8 Å². The number of nitrogens with zero attached hydrogens (tertiary/aromatic N) is 4. The Hall–Kier alpha value is -2.41. The number of rotatable bonds is 4. The summed E-state index contributed by atoms with van der Waals surface area (Å²) in [6.07, 6.45) is 3.29. The van der Waals surface area contributed by atoms with Crippen LogP contribution in [-0.2, 0) is 6.54 Å². The molecule has 1 aliphatic rings. The van der Waals surface area contributed by atoms with Gasteiger partial charge in [-0.25, -0.2) is 4.98 Å². The quantitative estimate of drug-likeness (QED) is 0.678. The van der Waals surface area contributed by atoms with Crippen LogP contribution < -0.4 is 10.5 Å². The Morgan fingerprint density at radius 1 is 1.17 bits per heavy atom. The molecule has 2 aromatic heterocycles. The molecule has 0 radical (unpaired) electrons. The Morgan fingerprint density at radius 3 is 2.55 bits per heavy atom. The van der Waals surface area contributed by atoms with Crippen molar-refractivity contribution >= 4 is 29.2 Å². The first-order chi connectivity index (χ1) is 13.9. The Bertz CT molecular complexity index is 1070. The average Bonchev–Trinajstić information content (AvgIpc) is 2.70. The van der Waals surface area contributed by atoms with Gasteiger partial charge in [0.15, 0.2) is 0 Å². The molecule has 8 heteroatoms. The highest BCUT2D eigenvalue weighted by Crippen LogP contribution is 2.29. The van der Waals surface area contributed by atoms with E-state index in [0.717, 1.165) is 12.0 Å². The van der Waals surface area contributed by atoms with Crippen LogP contribution in [0, 0.1) is 0 Å². The normalized spacial score (nSPS) is 17.1. The Labute approximate surface area is 178 Å². The summed E-state index contributed by atoms with van der Waals surface area (Å²) in [5.41, 5.74) is 1.92. The van der Waals surface area contributed by atoms with Crippen LogP contribution in [-0.4, -0.2) is 32.2 Å². The van der Waals surface area contributed by atoms with Crippen molar-refractivity contribution < 1.29 is 5.11 Å². The maximum absolute atomic E-state index is 12.7. The first kappa shape index (κ1) is 19.9. The van der Waals surface area contributed by atoms with Gasteiger partial charge >= 0.3 is 0 Å². The SMILES string of the molecule is CC1CCn2c(nc(-c3ccncc3)cc2=O)N1CC(O)c1cc(Cl)cc(Cl)c1. The van der Waals surface area contributed by atoms with E-state index in [1.54, 1.807) is 41.2 Å². The molecule has 1 aromatic carbocycles. The predicted octanol–water partition coefficient (Wildman–Crippen LogP) is 3.94. The van der Waals surface area contributed by atoms with Crippen LogP contribution in [0.5, 0.6) is 0 Å². The molecule has 2 unspecified atom stereocenters. The van der Waals surface area contributed by atoms with Crippen molar-refractivity contribution in [3.63, 3.8) is 0 Å². The molecule has 4 rings (SSSR count). The lowest BCUT2D eigenvalue weighted by atomic mass is 10.1. The van der Waals surface area contributed by atoms with Gasteiger partial charge in [-0.05, 0) is 49.2 Å². The van der Waals surface area contributed by atoms with Gasteiger partial charge in [-0.15, -0.1) is 0 Å². The van der Waals surface area contributed by atoms with E-state index in [1.807, 2.05) is 17.0 Å². The molecule has 0 aliphatic carbocycles. The fraction of sp³-hybridized carbons (Fsp3) is 0.286. The number of aromatic nitrogens is 3. The van der Waals surface area contributed by atoms with Crippen molar-refractivity contribution in [3.8, 4) is 11.3 Å². The third-order valence-electron chi connectivity index (χ3n) is 5.16. The standard InChI is InChI=1S/C21H20Cl2N4O2/c1-13-4-7-26-20(29)11-18(14-2-5-24-6-3-14)25-21(26)27(13)12-19(28)15-8-16(22)10-17(23)9-15/h2-3,5-6,8-11,13,19,28H,4,7,12H2,1H3. The van der Waals surface area contributed by atoms with E-state index in [0.29, 0.717) is 33.8 Å². The number of hydrogen-bond acceptors (Lipinski definition) is 5. The van der Waals surface area contributed by atoms with Gasteiger partial charge in [0.1, 0.15) is 0 Å². The van der Waals surface area contributed by atoms with Gasteiger partial charge in [0, 0.05) is 46.7 Å². The summed E-state index contributed by atoms with van der Waals surface area (Å²) < 4.78 is 1.66. The molecular weight excluding hydrogens is 411 g/mol. The fourth-order valence-corrected chi connectivity index (χ4v) is 4.13. The second-order valence-electron chi connectivity index (χ2n) is 7.18. The summed E-state index contributed by atoms with van der Waals surface area (Å²) >= 11 is 12.2. The fourth-order valence-electron chi connectivity index (χ4n) is 3.58. The van der Waals surface area contributed by atoms with E-state index in [9.17, 15) is 9.90 Å². The summed E-state index contributed by atoms with van der Waals surface area (Å²) in [6.45, 7) is 2.92. The Kier molecular flexibility index (Phi) is 5.58. The minimum atomic E-state index is -0.832. The molecule has 1 N–H and O–H groups in total. The number of benzene rings is 1. The van der Waals surface area contributed by atoms with Gasteiger partial charge in [-0.3, -0.25) is 14.3 Å². The van der Waals surface area contributed by atoms with Crippen molar-refractivity contribution in [1.29, 1.82) is 0 Å². The summed E-state index contributed by atoms with van der Waals surface area (Å²) in [7, 11) is 0. The van der Waals surface area contributed by atoms with Crippen LogP contribution in [0.4, 0.5) is 5.95 Å². The number of aliphatic hydroxyl groups is 1. The van der Waals surface area contributed by atoms with Crippen molar-refractivity contribution in [2.24, 2.45) is 0 Å². The summed E-state index contributed by atoms with van der Waals surface area (Å²) in [6, 6.07) is 10.3. The Morgan fingerprint density at radius 2 is 1.86 bits per heavy atom. The van der Waals surface area contributed by atoms with E-state index in [1.165, 1.54) is 0 Å². The highest BCUT2D eigenvalue weighted by atomic mass is 35.5. The maximum atomic E-state index is 12.7. The second kappa shape index (κ2) is 8.14. The van der Waals surface area contributed by atoms with E-state index in [2.05, 4.69) is 11.9 Å². The number of halogens is 2. The zero-order valence-corrected chi connectivity index (χ0v) is 17.3. The smallest absolute Gasteiger partial charge is 0.255 e. The first-order valence-electron chi connectivity index (χ1n) is 9.35. The highest BCUT2D eigenvalue weighted by molar-refractivity contribution is 6.34. The molecule has 3 aromatic rings. The van der Waals surface area contributed by atoms with Crippen molar-refractivity contribution in [2.45, 2.75) is 32.0 Å². The van der Waals surface area contributed by atoms with E-state index < -0.39 is 6.10 Å². The zero-order chi connectivity index (χ0) is 20.5. The van der Waals surface area contributed by atoms with E-state index in [-0.39, 0.29) is 18.1 Å². The molecule has 0 saturated carbocycles. The molecule has 0 amide bonds. The molecule has 29 heavy (non-hydrogen) atoms. The summed E-state index contributed by atoms with van der Waals surface area (Å²) in [5, 5.41) is 11.8. The van der Waals surface area contributed by atoms with Crippen molar-refractivity contribution in [2.75, 3.05) is 11.4 Å². The van der Waals surface area contributed by atoms with Gasteiger partial charge in [0.05, 0.1) is 18.3 Å². The molecular formula is C21H20Cl2N4O2. The molecule has 6 nitrogen and oxygen atoms in total. The van der Waals surface area contributed by atoms with Gasteiger partial charge in [0.2, 0.25) is 5.95 Å². The van der Waals surface area contributed by atoms with Crippen molar-refractivity contribution in [1.82, 2.24) is 14.5 Å². The molecule has 3 heterocycles. The largest absolute Gasteiger partial charge is 0.387 e. The zero-order valence-electron chi connectivity index (χ0n) is 15.8. The van der Waals surface area contributed by atoms with Crippen LogP contribution in [0.1, 0.15) is 25.0 Å². The van der Waals surface area contributed by atoms with Gasteiger partial charge in [-0.1, -0.05) is 23.2 Å². The molecule has 0 bridgehead atoms. The van der Waals surface area contributed by atoms with Crippen LogP contribution in [0.25, 0.3) is 11.3 Å². The number of aliphatic hydroxyl groups excluding tert-OH is 1. The second-order valence-corrected chi connectivity index (χ2v) is 8.05. The lowest BCUT2D eigenvalue weighted by Crippen LogP contribution is -2.45. The highest BCUT2D eigenvalue weighted by Gasteiger charge is 2.28. The molecule has 1 aliphatic heterocycles. The lowest BCUT2D eigenvalue weighted by Gasteiger charge is -2.37. The molecule has 2 atom stereocenters. The van der Waals surface area contributed by atoms with Gasteiger partial charge in [0.25, 0.3) is 5.56 Å². The van der Waals surface area contributed by atoms with Gasteiger partial charge < -0.3 is 10.0 Å². The van der Waals surface area contributed by atoms with Crippen LogP contribution in [0.3, 0.4) is 0 Å². The monoisotopic (exact) mass is 430 g/mol. The van der Waals surface area contributed by atoms with E-state index >= 15 is 0 Å². The third-order valence-corrected chi connectivity index (χ3v) is 5.60. The molecule has 0 fully saturated rings. The van der Waals surface area contributed by atoms with Crippen LogP contribution in [0.2, 0.25) is 10.0 Å². The lowest BCUT2D eigenvalue weighted by molar-refractivity contribution is 0.177. The predicted molar refractivity (Wildman–Crippen MR) is 115 cm³/mol. The van der Waals surface area contributed by atoms with E-state index in [4.69, 9.17) is 28.2 Å². The topological polar surface area (TPSA) is 71.2 Å².